The van der Waals surface area contributed by atoms with Gasteiger partial charge in [-0.1, -0.05) is 15.9 Å². The van der Waals surface area contributed by atoms with Crippen molar-refractivity contribution in [3.05, 3.63) is 46.4 Å². The number of anilines is 1. The number of sulfonamides is 1. The first-order chi connectivity index (χ1) is 9.83. The number of hydrogen-bond acceptors (Lipinski definition) is 4. The Morgan fingerprint density at radius 3 is 2.48 bits per heavy atom. The predicted octanol–water partition coefficient (Wildman–Crippen LogP) is 3.04. The summed E-state index contributed by atoms with van der Waals surface area (Å²) in [6, 6.07) is 10.1. The van der Waals surface area contributed by atoms with Crippen molar-refractivity contribution in [2.45, 2.75) is 11.8 Å². The van der Waals surface area contributed by atoms with Crippen LogP contribution >= 0.6 is 15.9 Å². The molecule has 0 aliphatic carbocycles. The molecule has 0 saturated carbocycles. The maximum absolute atomic E-state index is 11.7. The molecule has 0 radical (unpaired) electrons. The van der Waals surface area contributed by atoms with Crippen molar-refractivity contribution in [3.63, 3.8) is 0 Å². The fourth-order valence-electron chi connectivity index (χ4n) is 1.80. The number of ether oxygens (including phenoxy) is 1. The molecular weight excluding hydrogens is 356 g/mol. The Morgan fingerprint density at radius 2 is 1.90 bits per heavy atom. The molecule has 0 spiro atoms. The first-order valence-corrected chi connectivity index (χ1v) is 8.38. The van der Waals surface area contributed by atoms with Crippen LogP contribution < -0.4 is 15.2 Å². The molecule has 0 atom stereocenters. The zero-order valence-electron chi connectivity index (χ0n) is 11.6. The SMILES string of the molecule is CNS(=O)(=O)c1ccc(Oc2ccc(Br)cc2C)cc1N. The Bertz CT molecular complexity index is 776. The van der Waals surface area contributed by atoms with Crippen molar-refractivity contribution < 1.29 is 13.2 Å². The van der Waals surface area contributed by atoms with E-state index >= 15 is 0 Å². The topological polar surface area (TPSA) is 81.4 Å². The van der Waals surface area contributed by atoms with E-state index in [0.29, 0.717) is 11.5 Å². The summed E-state index contributed by atoms with van der Waals surface area (Å²) >= 11 is 3.38. The van der Waals surface area contributed by atoms with Gasteiger partial charge in [0.1, 0.15) is 16.4 Å². The van der Waals surface area contributed by atoms with E-state index in [0.717, 1.165) is 10.0 Å². The number of nitrogens with one attached hydrogen (secondary N) is 1. The average molecular weight is 371 g/mol. The molecule has 0 aliphatic heterocycles. The Balaban J connectivity index is 2.33. The monoisotopic (exact) mass is 370 g/mol. The lowest BCUT2D eigenvalue weighted by atomic mass is 10.2. The number of halogens is 1. The maximum atomic E-state index is 11.7. The van der Waals surface area contributed by atoms with Gasteiger partial charge in [-0.3, -0.25) is 0 Å². The third-order valence-electron chi connectivity index (χ3n) is 2.90. The first-order valence-electron chi connectivity index (χ1n) is 6.10. The van der Waals surface area contributed by atoms with Crippen LogP contribution in [0.5, 0.6) is 11.5 Å². The van der Waals surface area contributed by atoms with Crippen molar-refractivity contribution in [2.75, 3.05) is 12.8 Å². The molecule has 3 N–H and O–H groups in total. The number of nitrogens with two attached hydrogens (primary N) is 1. The van der Waals surface area contributed by atoms with E-state index in [1.807, 2.05) is 25.1 Å². The van der Waals surface area contributed by atoms with Crippen LogP contribution in [0.1, 0.15) is 5.56 Å². The molecule has 0 amide bonds. The minimum Gasteiger partial charge on any atom is -0.457 e. The van der Waals surface area contributed by atoms with Crippen molar-refractivity contribution >= 4 is 31.6 Å². The van der Waals surface area contributed by atoms with Crippen LogP contribution in [0.25, 0.3) is 0 Å². The van der Waals surface area contributed by atoms with Gasteiger partial charge in [0.25, 0.3) is 0 Å². The fourth-order valence-corrected chi connectivity index (χ4v) is 3.11. The first kappa shape index (κ1) is 15.8. The standard InChI is InChI=1S/C14H15BrN2O3S/c1-9-7-10(15)3-5-13(9)20-11-4-6-14(12(16)8-11)21(18,19)17-2/h3-8,17H,16H2,1-2H3. The molecule has 112 valence electrons. The molecule has 0 fully saturated rings. The van der Waals surface area contributed by atoms with Crippen LogP contribution in [0.4, 0.5) is 5.69 Å². The molecule has 0 bridgehead atoms. The van der Waals surface area contributed by atoms with Crippen molar-refractivity contribution in [2.24, 2.45) is 0 Å². The van der Waals surface area contributed by atoms with Gasteiger partial charge in [-0.25, -0.2) is 13.1 Å². The second-order valence-electron chi connectivity index (χ2n) is 4.42. The Labute approximate surface area is 132 Å². The highest BCUT2D eigenvalue weighted by Crippen LogP contribution is 2.30. The summed E-state index contributed by atoms with van der Waals surface area (Å²) in [5.41, 5.74) is 6.88. The largest absolute Gasteiger partial charge is 0.457 e. The summed E-state index contributed by atoms with van der Waals surface area (Å²) in [4.78, 5) is 0.0323. The zero-order valence-corrected chi connectivity index (χ0v) is 14.0. The van der Waals surface area contributed by atoms with Crippen molar-refractivity contribution in [1.82, 2.24) is 4.72 Å². The molecule has 21 heavy (non-hydrogen) atoms. The van der Waals surface area contributed by atoms with Gasteiger partial charge >= 0.3 is 0 Å². The predicted molar refractivity (Wildman–Crippen MR) is 86.1 cm³/mol. The Hall–Kier alpha value is -1.57. The summed E-state index contributed by atoms with van der Waals surface area (Å²) in [5, 5.41) is 0. The van der Waals surface area contributed by atoms with Gasteiger partial charge in [-0.05, 0) is 49.9 Å². The van der Waals surface area contributed by atoms with Crippen LogP contribution in [0, 0.1) is 6.92 Å². The minimum atomic E-state index is -3.57. The van der Waals surface area contributed by atoms with Gasteiger partial charge in [0.15, 0.2) is 0 Å². The van der Waals surface area contributed by atoms with E-state index in [1.165, 1.54) is 19.2 Å². The lowest BCUT2D eigenvalue weighted by Crippen LogP contribution is -2.19. The molecule has 2 aromatic carbocycles. The molecule has 2 aromatic rings. The highest BCUT2D eigenvalue weighted by atomic mass is 79.9. The van der Waals surface area contributed by atoms with Crippen LogP contribution in [0.2, 0.25) is 0 Å². The Morgan fingerprint density at radius 1 is 1.19 bits per heavy atom. The number of nitrogen functional groups attached to an aromatic ring is 1. The van der Waals surface area contributed by atoms with Crippen LogP contribution in [0.15, 0.2) is 45.8 Å². The molecule has 0 aromatic heterocycles. The molecular formula is C14H15BrN2O3S. The summed E-state index contributed by atoms with van der Waals surface area (Å²) in [6.07, 6.45) is 0. The quantitative estimate of drug-likeness (QED) is 0.810. The molecule has 2 rings (SSSR count). The lowest BCUT2D eigenvalue weighted by molar-refractivity contribution is 0.478. The van der Waals surface area contributed by atoms with E-state index in [4.69, 9.17) is 10.5 Å². The van der Waals surface area contributed by atoms with Gasteiger partial charge in [-0.2, -0.15) is 0 Å². The minimum absolute atomic E-state index is 0.0323. The molecule has 0 saturated heterocycles. The third-order valence-corrected chi connectivity index (χ3v) is 4.89. The second kappa shape index (κ2) is 6.05. The number of aryl methyl sites for hydroxylation is 1. The second-order valence-corrected chi connectivity index (χ2v) is 7.19. The molecule has 0 unspecified atom stereocenters. The van der Waals surface area contributed by atoms with Crippen LogP contribution in [0.3, 0.4) is 0 Å². The summed E-state index contributed by atoms with van der Waals surface area (Å²) in [7, 11) is -2.23. The van der Waals surface area contributed by atoms with E-state index in [-0.39, 0.29) is 10.6 Å². The van der Waals surface area contributed by atoms with Gasteiger partial charge < -0.3 is 10.5 Å². The Kier molecular flexibility index (Phi) is 4.55. The summed E-state index contributed by atoms with van der Waals surface area (Å²) in [5.74, 6) is 1.16. The van der Waals surface area contributed by atoms with Gasteiger partial charge in [0, 0.05) is 10.5 Å². The molecule has 0 heterocycles. The maximum Gasteiger partial charge on any atom is 0.242 e. The third kappa shape index (κ3) is 3.55. The number of benzene rings is 2. The molecule has 7 heteroatoms. The highest BCUT2D eigenvalue weighted by Gasteiger charge is 2.16. The average Bonchev–Trinajstić information content (AvgIpc) is 2.42. The zero-order chi connectivity index (χ0) is 15.6. The van der Waals surface area contributed by atoms with Gasteiger partial charge in [0.05, 0.1) is 5.69 Å². The van der Waals surface area contributed by atoms with Crippen molar-refractivity contribution in [3.8, 4) is 11.5 Å². The number of hydrogen-bond donors (Lipinski definition) is 2. The van der Waals surface area contributed by atoms with E-state index in [9.17, 15) is 8.42 Å². The highest BCUT2D eigenvalue weighted by molar-refractivity contribution is 9.10. The summed E-state index contributed by atoms with van der Waals surface area (Å²) in [6.45, 7) is 1.92. The lowest BCUT2D eigenvalue weighted by Gasteiger charge is -2.11. The van der Waals surface area contributed by atoms with Crippen LogP contribution in [-0.4, -0.2) is 15.5 Å². The summed E-state index contributed by atoms with van der Waals surface area (Å²) < 4.78 is 32.4. The van der Waals surface area contributed by atoms with E-state index in [2.05, 4.69) is 20.7 Å². The van der Waals surface area contributed by atoms with Crippen LogP contribution in [-0.2, 0) is 10.0 Å². The van der Waals surface area contributed by atoms with E-state index < -0.39 is 10.0 Å². The molecule has 0 aliphatic rings. The van der Waals surface area contributed by atoms with E-state index in [1.54, 1.807) is 6.07 Å². The number of rotatable bonds is 4. The molecule has 5 nitrogen and oxygen atoms in total. The van der Waals surface area contributed by atoms with Gasteiger partial charge in [0.2, 0.25) is 10.0 Å². The van der Waals surface area contributed by atoms with Gasteiger partial charge in [-0.15, -0.1) is 0 Å². The van der Waals surface area contributed by atoms with Crippen molar-refractivity contribution in [1.29, 1.82) is 0 Å². The fraction of sp³-hybridized carbons (Fsp3) is 0.143. The smallest absolute Gasteiger partial charge is 0.242 e. The normalized spacial score (nSPS) is 11.4.